The highest BCUT2D eigenvalue weighted by atomic mass is 16.3. The van der Waals surface area contributed by atoms with E-state index in [-0.39, 0.29) is 24.0 Å². The van der Waals surface area contributed by atoms with Crippen molar-refractivity contribution in [1.29, 1.82) is 0 Å². The molecule has 19 heavy (non-hydrogen) atoms. The molecule has 1 aromatic carbocycles. The number of anilines is 1. The predicted octanol–water partition coefficient (Wildman–Crippen LogP) is 1.47. The van der Waals surface area contributed by atoms with E-state index in [0.29, 0.717) is 0 Å². The number of benzene rings is 1. The lowest BCUT2D eigenvalue weighted by atomic mass is 9.98. The van der Waals surface area contributed by atoms with Crippen molar-refractivity contribution >= 4 is 11.7 Å². The van der Waals surface area contributed by atoms with Crippen LogP contribution in [0.3, 0.4) is 0 Å². The summed E-state index contributed by atoms with van der Waals surface area (Å²) in [5.41, 5.74) is 6.49. The van der Waals surface area contributed by atoms with Crippen molar-refractivity contribution < 1.29 is 9.90 Å². The Morgan fingerprint density at radius 1 is 1.26 bits per heavy atom. The summed E-state index contributed by atoms with van der Waals surface area (Å²) < 4.78 is 0. The molecule has 0 spiro atoms. The first-order valence-electron chi connectivity index (χ1n) is 5.92. The monoisotopic (exact) mass is 257 g/mol. The quantitative estimate of drug-likeness (QED) is 0.773. The summed E-state index contributed by atoms with van der Waals surface area (Å²) >= 11 is 0. The molecular weight excluding hydrogens is 242 g/mol. The highest BCUT2D eigenvalue weighted by molar-refractivity contribution is 5.96. The van der Waals surface area contributed by atoms with Gasteiger partial charge in [0.05, 0.1) is 5.92 Å². The van der Waals surface area contributed by atoms with Gasteiger partial charge in [-0.3, -0.25) is 4.79 Å². The van der Waals surface area contributed by atoms with Gasteiger partial charge in [-0.05, 0) is 17.7 Å². The van der Waals surface area contributed by atoms with E-state index in [1.807, 2.05) is 30.3 Å². The molecule has 4 N–H and O–H groups in total. The number of rotatable bonds is 4. The number of aromatic hydroxyl groups is 1. The maximum atomic E-state index is 12.2. The predicted molar refractivity (Wildman–Crippen MR) is 72.8 cm³/mol. The van der Waals surface area contributed by atoms with Crippen LogP contribution in [0.4, 0.5) is 5.82 Å². The lowest BCUT2D eigenvalue weighted by molar-refractivity contribution is -0.117. The van der Waals surface area contributed by atoms with E-state index < -0.39 is 5.92 Å². The van der Waals surface area contributed by atoms with Gasteiger partial charge in [0.1, 0.15) is 0 Å². The maximum absolute atomic E-state index is 12.2. The van der Waals surface area contributed by atoms with Gasteiger partial charge in [-0.1, -0.05) is 30.3 Å². The minimum Gasteiger partial charge on any atom is -0.504 e. The molecule has 0 bridgehead atoms. The van der Waals surface area contributed by atoms with Crippen molar-refractivity contribution in [2.45, 2.75) is 5.92 Å². The van der Waals surface area contributed by atoms with Crippen molar-refractivity contribution in [2.24, 2.45) is 5.73 Å². The van der Waals surface area contributed by atoms with Crippen LogP contribution in [-0.4, -0.2) is 22.5 Å². The standard InChI is InChI=1S/C14H15N3O2/c15-9-11(10-5-2-1-3-6-10)14(19)17-13-12(18)7-4-8-16-13/h1-8,11,18H,9,15H2,(H,16,17,19). The molecule has 1 atom stereocenters. The molecule has 0 aliphatic heterocycles. The number of nitrogens with two attached hydrogens (primary N) is 1. The van der Waals surface area contributed by atoms with Crippen LogP contribution in [0.5, 0.6) is 5.75 Å². The fourth-order valence-corrected chi connectivity index (χ4v) is 1.78. The number of aromatic nitrogens is 1. The molecule has 0 aliphatic rings. The van der Waals surface area contributed by atoms with Crippen LogP contribution in [0, 0.1) is 0 Å². The first-order valence-corrected chi connectivity index (χ1v) is 5.92. The lowest BCUT2D eigenvalue weighted by Gasteiger charge is -2.15. The molecule has 1 amide bonds. The third-order valence-corrected chi connectivity index (χ3v) is 2.78. The lowest BCUT2D eigenvalue weighted by Crippen LogP contribution is -2.27. The second kappa shape index (κ2) is 5.97. The zero-order valence-corrected chi connectivity index (χ0v) is 10.3. The van der Waals surface area contributed by atoms with Crippen LogP contribution in [-0.2, 0) is 4.79 Å². The van der Waals surface area contributed by atoms with Gasteiger partial charge in [-0.15, -0.1) is 0 Å². The average molecular weight is 257 g/mol. The Labute approximate surface area is 111 Å². The second-order valence-corrected chi connectivity index (χ2v) is 4.06. The molecule has 0 radical (unpaired) electrons. The van der Waals surface area contributed by atoms with E-state index in [1.165, 1.54) is 12.3 Å². The minimum absolute atomic E-state index is 0.0697. The molecule has 1 heterocycles. The van der Waals surface area contributed by atoms with Gasteiger partial charge in [0.15, 0.2) is 11.6 Å². The Morgan fingerprint density at radius 2 is 2.00 bits per heavy atom. The summed E-state index contributed by atoms with van der Waals surface area (Å²) in [4.78, 5) is 16.1. The van der Waals surface area contributed by atoms with Crippen molar-refractivity contribution in [1.82, 2.24) is 4.98 Å². The van der Waals surface area contributed by atoms with Crippen LogP contribution in [0.2, 0.25) is 0 Å². The Bertz CT molecular complexity index is 558. The van der Waals surface area contributed by atoms with Gasteiger partial charge in [0.2, 0.25) is 5.91 Å². The summed E-state index contributed by atoms with van der Waals surface area (Å²) in [6, 6.07) is 12.3. The van der Waals surface area contributed by atoms with Gasteiger partial charge in [0.25, 0.3) is 0 Å². The highest BCUT2D eigenvalue weighted by Crippen LogP contribution is 2.21. The summed E-state index contributed by atoms with van der Waals surface area (Å²) in [7, 11) is 0. The van der Waals surface area contributed by atoms with Crippen molar-refractivity contribution in [3.05, 3.63) is 54.2 Å². The van der Waals surface area contributed by atoms with Gasteiger partial charge in [0, 0.05) is 12.7 Å². The molecule has 1 aromatic heterocycles. The Morgan fingerprint density at radius 3 is 2.63 bits per heavy atom. The normalized spacial score (nSPS) is 11.8. The number of amides is 1. The van der Waals surface area contributed by atoms with Crippen molar-refractivity contribution in [3.8, 4) is 5.75 Å². The Balaban J connectivity index is 2.17. The fraction of sp³-hybridized carbons (Fsp3) is 0.143. The summed E-state index contributed by atoms with van der Waals surface area (Å²) in [6.07, 6.45) is 1.50. The average Bonchev–Trinajstić information content (AvgIpc) is 2.43. The van der Waals surface area contributed by atoms with E-state index in [2.05, 4.69) is 10.3 Å². The van der Waals surface area contributed by atoms with E-state index >= 15 is 0 Å². The SMILES string of the molecule is NCC(C(=O)Nc1ncccc1O)c1ccccc1. The number of hydrogen-bond donors (Lipinski definition) is 3. The molecule has 5 nitrogen and oxygen atoms in total. The molecule has 2 rings (SSSR count). The van der Waals surface area contributed by atoms with E-state index in [9.17, 15) is 9.90 Å². The number of nitrogens with one attached hydrogen (secondary N) is 1. The molecule has 98 valence electrons. The zero-order chi connectivity index (χ0) is 13.7. The van der Waals surface area contributed by atoms with Gasteiger partial charge in [-0.2, -0.15) is 0 Å². The second-order valence-electron chi connectivity index (χ2n) is 4.06. The molecule has 0 saturated carbocycles. The maximum Gasteiger partial charge on any atom is 0.234 e. The third-order valence-electron chi connectivity index (χ3n) is 2.78. The molecular formula is C14H15N3O2. The van der Waals surface area contributed by atoms with E-state index in [4.69, 9.17) is 5.73 Å². The summed E-state index contributed by atoms with van der Waals surface area (Å²) in [5.74, 6) is -0.688. The van der Waals surface area contributed by atoms with Gasteiger partial charge < -0.3 is 16.2 Å². The van der Waals surface area contributed by atoms with Crippen molar-refractivity contribution in [2.75, 3.05) is 11.9 Å². The first kappa shape index (κ1) is 13.0. The zero-order valence-electron chi connectivity index (χ0n) is 10.3. The number of nitrogens with zero attached hydrogens (tertiary/aromatic N) is 1. The molecule has 1 unspecified atom stereocenters. The highest BCUT2D eigenvalue weighted by Gasteiger charge is 2.20. The number of pyridine rings is 1. The van der Waals surface area contributed by atoms with E-state index in [0.717, 1.165) is 5.56 Å². The van der Waals surface area contributed by atoms with Crippen LogP contribution < -0.4 is 11.1 Å². The van der Waals surface area contributed by atoms with Crippen LogP contribution in [0.1, 0.15) is 11.5 Å². The Hall–Kier alpha value is -2.40. The first-order chi connectivity index (χ1) is 9.22. The number of carbonyl (C=O) groups excluding carboxylic acids is 1. The number of hydrogen-bond acceptors (Lipinski definition) is 4. The molecule has 5 heteroatoms. The van der Waals surface area contributed by atoms with E-state index in [1.54, 1.807) is 6.07 Å². The molecule has 0 saturated heterocycles. The summed E-state index contributed by atoms with van der Waals surface area (Å²) in [5, 5.41) is 12.2. The van der Waals surface area contributed by atoms with Crippen molar-refractivity contribution in [3.63, 3.8) is 0 Å². The van der Waals surface area contributed by atoms with Gasteiger partial charge >= 0.3 is 0 Å². The number of carbonyl (C=O) groups is 1. The van der Waals surface area contributed by atoms with Crippen LogP contribution >= 0.6 is 0 Å². The summed E-state index contributed by atoms with van der Waals surface area (Å²) in [6.45, 7) is 0.184. The molecule has 0 fully saturated rings. The van der Waals surface area contributed by atoms with Crippen LogP contribution in [0.25, 0.3) is 0 Å². The Kier molecular flexibility index (Phi) is 4.10. The molecule has 0 aliphatic carbocycles. The van der Waals surface area contributed by atoms with Gasteiger partial charge in [-0.25, -0.2) is 4.98 Å². The smallest absolute Gasteiger partial charge is 0.234 e. The molecule has 2 aromatic rings. The minimum atomic E-state index is -0.470. The fourth-order valence-electron chi connectivity index (χ4n) is 1.78. The third kappa shape index (κ3) is 3.08. The topological polar surface area (TPSA) is 88.2 Å². The largest absolute Gasteiger partial charge is 0.504 e. The van der Waals surface area contributed by atoms with Crippen LogP contribution in [0.15, 0.2) is 48.7 Å².